The van der Waals surface area contributed by atoms with Crippen molar-refractivity contribution >= 4 is 46.4 Å². The first kappa shape index (κ1) is 24.0. The summed E-state index contributed by atoms with van der Waals surface area (Å²) in [6, 6.07) is 13.3. The predicted octanol–water partition coefficient (Wildman–Crippen LogP) is 4.92. The number of aliphatic imine (C=N–C) groups is 1. The number of benzene rings is 2. The van der Waals surface area contributed by atoms with Crippen LogP contribution in [0.3, 0.4) is 0 Å². The summed E-state index contributed by atoms with van der Waals surface area (Å²) in [4.78, 5) is 42.4. The summed E-state index contributed by atoms with van der Waals surface area (Å²) < 4.78 is 5.91. The van der Waals surface area contributed by atoms with E-state index in [1.165, 1.54) is 35.7 Å². The van der Waals surface area contributed by atoms with Crippen molar-refractivity contribution in [3.05, 3.63) is 77.2 Å². The molecule has 1 fully saturated rings. The van der Waals surface area contributed by atoms with E-state index in [-0.39, 0.29) is 23.8 Å². The topological polar surface area (TPSA) is 96.3 Å². The predicted molar refractivity (Wildman–Crippen MR) is 130 cm³/mol. The lowest BCUT2D eigenvalue weighted by Gasteiger charge is -2.16. The second kappa shape index (κ2) is 10.8. The molecule has 1 atom stereocenters. The van der Waals surface area contributed by atoms with Gasteiger partial charge >= 0.3 is 5.97 Å². The molecule has 0 spiro atoms. The van der Waals surface area contributed by atoms with Crippen LogP contribution in [0.2, 0.25) is 0 Å². The number of hydrogen-bond donors (Lipinski definition) is 1. The Morgan fingerprint density at radius 1 is 1.21 bits per heavy atom. The molecule has 3 rings (SSSR count). The molecule has 0 saturated carbocycles. The molecule has 0 bridgehead atoms. The molecule has 0 aromatic heterocycles. The minimum Gasteiger partial charge on any atom is -0.482 e. The fraction of sp³-hybridized carbons (Fsp3) is 0.200. The number of carboxylic acid groups (broad SMARTS) is 1. The molecule has 1 amide bonds. The van der Waals surface area contributed by atoms with Gasteiger partial charge in [-0.15, -0.1) is 6.58 Å². The van der Waals surface area contributed by atoms with Crippen molar-refractivity contribution in [3.63, 3.8) is 0 Å². The van der Waals surface area contributed by atoms with Gasteiger partial charge in [0.2, 0.25) is 0 Å². The molecule has 0 aliphatic carbocycles. The Morgan fingerprint density at radius 2 is 1.91 bits per heavy atom. The maximum Gasteiger partial charge on any atom is 0.335 e. The Balaban J connectivity index is 1.93. The van der Waals surface area contributed by atoms with Gasteiger partial charge in [0.25, 0.3) is 5.91 Å². The van der Waals surface area contributed by atoms with Gasteiger partial charge in [0.05, 0.1) is 16.2 Å². The van der Waals surface area contributed by atoms with Gasteiger partial charge in [0.15, 0.2) is 17.1 Å². The van der Waals surface area contributed by atoms with Crippen molar-refractivity contribution in [3.8, 4) is 5.75 Å². The average molecular weight is 465 g/mol. The van der Waals surface area contributed by atoms with Crippen LogP contribution in [0, 0.1) is 0 Å². The fourth-order valence-corrected chi connectivity index (χ4v) is 4.12. The largest absolute Gasteiger partial charge is 0.482 e. The molecule has 2 aromatic rings. The molecule has 170 valence electrons. The number of carbonyl (C=O) groups excluding carboxylic acids is 2. The average Bonchev–Trinajstić information content (AvgIpc) is 3.07. The zero-order valence-electron chi connectivity index (χ0n) is 18.4. The SMILES string of the molecule is C=CCN1C(=O)/C(=C/c2ccccc2OC(CC)C(C)=O)SC1=Nc1ccc(C(=O)O)cc1. The van der Waals surface area contributed by atoms with Crippen LogP contribution in [0.25, 0.3) is 6.08 Å². The number of amidine groups is 1. The normalized spacial score (nSPS) is 16.8. The minimum atomic E-state index is -1.02. The number of hydrogen-bond acceptors (Lipinski definition) is 6. The molecule has 1 unspecified atom stereocenters. The lowest BCUT2D eigenvalue weighted by atomic mass is 10.1. The van der Waals surface area contributed by atoms with Crippen molar-refractivity contribution in [1.82, 2.24) is 4.90 Å². The third kappa shape index (κ3) is 5.78. The Kier molecular flexibility index (Phi) is 7.84. The van der Waals surface area contributed by atoms with Gasteiger partial charge in [-0.05, 0) is 61.5 Å². The van der Waals surface area contributed by atoms with Gasteiger partial charge in [0.1, 0.15) is 5.75 Å². The Bertz CT molecular complexity index is 1140. The summed E-state index contributed by atoms with van der Waals surface area (Å²) in [5.74, 6) is -0.791. The number of rotatable bonds is 9. The Labute approximate surface area is 196 Å². The van der Waals surface area contributed by atoms with E-state index in [1.807, 2.05) is 25.1 Å². The number of aromatic carboxylic acids is 1. The van der Waals surface area contributed by atoms with Crippen molar-refractivity contribution in [2.24, 2.45) is 4.99 Å². The number of para-hydroxylation sites is 1. The molecule has 1 aliphatic heterocycles. The fourth-order valence-electron chi connectivity index (χ4n) is 3.13. The summed E-state index contributed by atoms with van der Waals surface area (Å²) in [5.41, 5.74) is 1.37. The maximum absolute atomic E-state index is 13.1. The van der Waals surface area contributed by atoms with Gasteiger partial charge in [-0.3, -0.25) is 14.5 Å². The molecular weight excluding hydrogens is 440 g/mol. The van der Waals surface area contributed by atoms with Crippen LogP contribution in [0.1, 0.15) is 36.2 Å². The summed E-state index contributed by atoms with van der Waals surface area (Å²) in [6.45, 7) is 7.36. The number of thioether (sulfide) groups is 1. The van der Waals surface area contributed by atoms with E-state index in [9.17, 15) is 14.4 Å². The van der Waals surface area contributed by atoms with E-state index in [2.05, 4.69) is 11.6 Å². The van der Waals surface area contributed by atoms with Gasteiger partial charge in [-0.2, -0.15) is 0 Å². The third-order valence-electron chi connectivity index (χ3n) is 4.84. The van der Waals surface area contributed by atoms with Gasteiger partial charge in [0, 0.05) is 12.1 Å². The quantitative estimate of drug-likeness (QED) is 0.418. The summed E-state index contributed by atoms with van der Waals surface area (Å²) in [7, 11) is 0. The molecule has 1 saturated heterocycles. The van der Waals surface area contributed by atoms with Crippen LogP contribution in [0.5, 0.6) is 5.75 Å². The van der Waals surface area contributed by atoms with Gasteiger partial charge in [-0.1, -0.05) is 31.2 Å². The first-order valence-corrected chi connectivity index (χ1v) is 11.2. The highest BCUT2D eigenvalue weighted by Crippen LogP contribution is 2.35. The summed E-state index contributed by atoms with van der Waals surface area (Å²) in [5, 5.41) is 9.53. The highest BCUT2D eigenvalue weighted by Gasteiger charge is 2.33. The lowest BCUT2D eigenvalue weighted by molar-refractivity contribution is -0.124. The minimum absolute atomic E-state index is 0.0632. The van der Waals surface area contributed by atoms with Gasteiger partial charge < -0.3 is 9.84 Å². The van der Waals surface area contributed by atoms with E-state index >= 15 is 0 Å². The molecule has 1 N–H and O–H groups in total. The van der Waals surface area contributed by atoms with Crippen molar-refractivity contribution in [1.29, 1.82) is 0 Å². The zero-order valence-corrected chi connectivity index (χ0v) is 19.2. The van der Waals surface area contributed by atoms with Crippen molar-refractivity contribution < 1.29 is 24.2 Å². The van der Waals surface area contributed by atoms with Crippen LogP contribution in [-0.2, 0) is 9.59 Å². The van der Waals surface area contributed by atoms with E-state index in [0.717, 1.165) is 0 Å². The maximum atomic E-state index is 13.1. The molecular formula is C25H24N2O5S. The van der Waals surface area contributed by atoms with E-state index in [0.29, 0.717) is 33.5 Å². The molecule has 7 nitrogen and oxygen atoms in total. The standard InChI is InChI=1S/C25H24N2O5S/c1-4-14-27-23(29)22(33-25(27)26-19-12-10-17(11-13-19)24(30)31)15-18-8-6-7-9-21(18)32-20(5-2)16(3)28/h4,6-13,15,20H,1,5,14H2,2-3H3,(H,30,31)/b22-15-,26-25?. The first-order chi connectivity index (χ1) is 15.8. The second-order valence-corrected chi connectivity index (χ2v) is 8.23. The Morgan fingerprint density at radius 3 is 2.52 bits per heavy atom. The number of carbonyl (C=O) groups is 3. The van der Waals surface area contributed by atoms with E-state index < -0.39 is 12.1 Å². The third-order valence-corrected chi connectivity index (χ3v) is 5.84. The number of ether oxygens (including phenoxy) is 1. The smallest absolute Gasteiger partial charge is 0.335 e. The van der Waals surface area contributed by atoms with Crippen LogP contribution < -0.4 is 4.74 Å². The summed E-state index contributed by atoms with van der Waals surface area (Å²) in [6.07, 6.45) is 3.32. The molecule has 8 heteroatoms. The van der Waals surface area contributed by atoms with Crippen LogP contribution >= 0.6 is 11.8 Å². The number of carboxylic acids is 1. The number of nitrogens with zero attached hydrogens (tertiary/aromatic N) is 2. The van der Waals surface area contributed by atoms with Crippen LogP contribution in [-0.4, -0.2) is 45.5 Å². The molecule has 0 radical (unpaired) electrons. The van der Waals surface area contributed by atoms with Crippen LogP contribution in [0.4, 0.5) is 5.69 Å². The van der Waals surface area contributed by atoms with Crippen molar-refractivity contribution in [2.75, 3.05) is 6.54 Å². The molecule has 2 aromatic carbocycles. The molecule has 33 heavy (non-hydrogen) atoms. The lowest BCUT2D eigenvalue weighted by Crippen LogP contribution is -2.29. The number of amides is 1. The first-order valence-electron chi connectivity index (χ1n) is 10.3. The van der Waals surface area contributed by atoms with E-state index in [1.54, 1.807) is 30.4 Å². The number of ketones is 1. The zero-order chi connectivity index (χ0) is 24.0. The van der Waals surface area contributed by atoms with Crippen molar-refractivity contribution in [2.45, 2.75) is 26.4 Å². The highest BCUT2D eigenvalue weighted by molar-refractivity contribution is 8.18. The Hall–Kier alpha value is -3.65. The van der Waals surface area contributed by atoms with Crippen LogP contribution in [0.15, 0.2) is 71.1 Å². The molecule has 1 aliphatic rings. The number of Topliss-reactive ketones (excluding diaryl/α,β-unsaturated/α-hetero) is 1. The highest BCUT2D eigenvalue weighted by atomic mass is 32.2. The summed E-state index contributed by atoms with van der Waals surface area (Å²) >= 11 is 1.21. The van der Waals surface area contributed by atoms with E-state index in [4.69, 9.17) is 9.84 Å². The molecule has 1 heterocycles. The monoisotopic (exact) mass is 464 g/mol. The van der Waals surface area contributed by atoms with Gasteiger partial charge in [-0.25, -0.2) is 9.79 Å². The second-order valence-electron chi connectivity index (χ2n) is 7.22.